The third kappa shape index (κ3) is 2.33. The van der Waals surface area contributed by atoms with E-state index in [0.717, 1.165) is 11.1 Å². The summed E-state index contributed by atoms with van der Waals surface area (Å²) in [5, 5.41) is 9.87. The van der Waals surface area contributed by atoms with Gasteiger partial charge in [-0.1, -0.05) is 12.1 Å². The molecule has 0 aliphatic carbocycles. The zero-order valence-electron chi connectivity index (χ0n) is 12.6. The Morgan fingerprint density at radius 3 is 2.64 bits per heavy atom. The topological polar surface area (TPSA) is 59.7 Å². The van der Waals surface area contributed by atoms with Crippen molar-refractivity contribution in [2.24, 2.45) is 0 Å². The van der Waals surface area contributed by atoms with Crippen molar-refractivity contribution in [1.29, 1.82) is 0 Å². The van der Waals surface area contributed by atoms with Gasteiger partial charge in [0.05, 0.1) is 5.39 Å². The molecule has 3 aromatic rings. The van der Waals surface area contributed by atoms with E-state index < -0.39 is 0 Å². The van der Waals surface area contributed by atoms with Crippen LogP contribution in [0.25, 0.3) is 11.0 Å². The van der Waals surface area contributed by atoms with Gasteiger partial charge in [0.15, 0.2) is 0 Å². The number of aryl methyl sites for hydroxylation is 2. The second-order valence-electron chi connectivity index (χ2n) is 5.30. The van der Waals surface area contributed by atoms with Crippen molar-refractivity contribution in [3.63, 3.8) is 0 Å². The fraction of sp³-hybridized carbons (Fsp3) is 0.167. The maximum absolute atomic E-state index is 12.6. The van der Waals surface area contributed by atoms with Crippen LogP contribution in [0.2, 0.25) is 0 Å². The van der Waals surface area contributed by atoms with Crippen LogP contribution in [0.15, 0.2) is 45.6 Å². The van der Waals surface area contributed by atoms with Crippen molar-refractivity contribution in [3.8, 4) is 17.2 Å². The second-order valence-corrected chi connectivity index (χ2v) is 5.30. The van der Waals surface area contributed by atoms with E-state index in [9.17, 15) is 9.90 Å². The molecule has 1 aromatic heterocycles. The number of phenols is 1. The Kier molecular flexibility index (Phi) is 3.37. The fourth-order valence-electron chi connectivity index (χ4n) is 2.34. The summed E-state index contributed by atoms with van der Waals surface area (Å²) in [5.41, 5.74) is 2.16. The van der Waals surface area contributed by atoms with Crippen LogP contribution in [-0.2, 0) is 0 Å². The number of hydrogen-bond acceptors (Lipinski definition) is 4. The first kappa shape index (κ1) is 14.2. The Labute approximate surface area is 127 Å². The summed E-state index contributed by atoms with van der Waals surface area (Å²) in [4.78, 5) is 12.6. The Balaban J connectivity index is 2.17. The normalized spacial score (nSPS) is 10.9. The highest BCUT2D eigenvalue weighted by Gasteiger charge is 2.15. The van der Waals surface area contributed by atoms with Gasteiger partial charge in [-0.25, -0.2) is 0 Å². The van der Waals surface area contributed by atoms with Crippen LogP contribution in [0.3, 0.4) is 0 Å². The lowest BCUT2D eigenvalue weighted by Crippen LogP contribution is -2.08. The van der Waals surface area contributed by atoms with E-state index in [1.807, 2.05) is 32.0 Å². The summed E-state index contributed by atoms with van der Waals surface area (Å²) >= 11 is 0. The van der Waals surface area contributed by atoms with Crippen LogP contribution >= 0.6 is 0 Å². The SMILES string of the molecule is Cc1cccc(Oc2c(C)oc3cc(O)ccc3c2=O)c1C. The van der Waals surface area contributed by atoms with E-state index in [2.05, 4.69) is 0 Å². The Bertz CT molecular complexity index is 922. The zero-order valence-corrected chi connectivity index (χ0v) is 12.6. The van der Waals surface area contributed by atoms with Gasteiger partial charge in [-0.2, -0.15) is 0 Å². The number of rotatable bonds is 2. The predicted octanol–water partition coefficient (Wildman–Crippen LogP) is 4.22. The molecule has 0 spiro atoms. The molecule has 4 heteroatoms. The number of hydrogen-bond donors (Lipinski definition) is 1. The molecular formula is C18H16O4. The molecule has 0 unspecified atom stereocenters. The van der Waals surface area contributed by atoms with Crippen LogP contribution in [0, 0.1) is 20.8 Å². The molecule has 1 N–H and O–H groups in total. The molecule has 1 heterocycles. The van der Waals surface area contributed by atoms with Gasteiger partial charge in [0.1, 0.15) is 22.8 Å². The van der Waals surface area contributed by atoms with E-state index in [-0.39, 0.29) is 16.9 Å². The van der Waals surface area contributed by atoms with Crippen molar-refractivity contribution in [2.45, 2.75) is 20.8 Å². The molecule has 0 fully saturated rings. The molecule has 0 atom stereocenters. The minimum absolute atomic E-state index is 0.0539. The van der Waals surface area contributed by atoms with Gasteiger partial charge < -0.3 is 14.3 Å². The van der Waals surface area contributed by atoms with Crippen LogP contribution in [-0.4, -0.2) is 5.11 Å². The largest absolute Gasteiger partial charge is 0.508 e. The first-order valence-electron chi connectivity index (χ1n) is 6.98. The summed E-state index contributed by atoms with van der Waals surface area (Å²) < 4.78 is 11.4. The van der Waals surface area contributed by atoms with Crippen LogP contribution in [0.1, 0.15) is 16.9 Å². The number of aromatic hydroxyl groups is 1. The van der Waals surface area contributed by atoms with Gasteiger partial charge in [0, 0.05) is 6.07 Å². The Morgan fingerprint density at radius 1 is 1.09 bits per heavy atom. The molecule has 0 amide bonds. The number of ether oxygens (including phenoxy) is 1. The highest BCUT2D eigenvalue weighted by atomic mass is 16.5. The number of benzene rings is 2. The molecule has 0 aliphatic rings. The van der Waals surface area contributed by atoms with Crippen molar-refractivity contribution >= 4 is 11.0 Å². The molecule has 0 saturated heterocycles. The maximum atomic E-state index is 12.6. The van der Waals surface area contributed by atoms with E-state index in [1.54, 1.807) is 6.92 Å². The highest BCUT2D eigenvalue weighted by Crippen LogP contribution is 2.29. The summed E-state index contributed by atoms with van der Waals surface area (Å²) in [6.45, 7) is 5.60. The quantitative estimate of drug-likeness (QED) is 0.769. The number of fused-ring (bicyclic) bond motifs is 1. The standard InChI is InChI=1S/C18H16O4/c1-10-5-4-6-15(11(10)2)22-18-12(3)21-16-9-13(19)7-8-14(16)17(18)20/h4-9,19H,1-3H3. The van der Waals surface area contributed by atoms with Gasteiger partial charge in [-0.3, -0.25) is 4.79 Å². The minimum atomic E-state index is -0.250. The first-order chi connectivity index (χ1) is 10.5. The number of phenolic OH excluding ortho intramolecular Hbond substituents is 1. The smallest absolute Gasteiger partial charge is 0.235 e. The molecule has 112 valence electrons. The molecule has 4 nitrogen and oxygen atoms in total. The van der Waals surface area contributed by atoms with Gasteiger partial charge in [-0.15, -0.1) is 0 Å². The van der Waals surface area contributed by atoms with E-state index in [0.29, 0.717) is 22.5 Å². The summed E-state index contributed by atoms with van der Waals surface area (Å²) in [7, 11) is 0. The molecule has 2 aromatic carbocycles. The van der Waals surface area contributed by atoms with Gasteiger partial charge in [0.2, 0.25) is 11.2 Å². The molecule has 0 aliphatic heterocycles. The predicted molar refractivity (Wildman–Crippen MR) is 84.9 cm³/mol. The van der Waals surface area contributed by atoms with Crippen LogP contribution in [0.4, 0.5) is 0 Å². The van der Waals surface area contributed by atoms with Gasteiger partial charge in [-0.05, 0) is 50.1 Å². The maximum Gasteiger partial charge on any atom is 0.235 e. The third-order valence-corrected chi connectivity index (χ3v) is 3.77. The van der Waals surface area contributed by atoms with Crippen LogP contribution < -0.4 is 10.2 Å². The molecular weight excluding hydrogens is 280 g/mol. The molecule has 3 rings (SSSR count). The molecule has 0 radical (unpaired) electrons. The Hall–Kier alpha value is -2.75. The average molecular weight is 296 g/mol. The minimum Gasteiger partial charge on any atom is -0.508 e. The summed E-state index contributed by atoms with van der Waals surface area (Å²) in [6, 6.07) is 10.1. The van der Waals surface area contributed by atoms with Crippen molar-refractivity contribution in [2.75, 3.05) is 0 Å². The zero-order chi connectivity index (χ0) is 15.9. The summed E-state index contributed by atoms with van der Waals surface area (Å²) in [5.74, 6) is 1.24. The van der Waals surface area contributed by atoms with Crippen molar-refractivity contribution in [1.82, 2.24) is 0 Å². The van der Waals surface area contributed by atoms with E-state index in [1.165, 1.54) is 18.2 Å². The first-order valence-corrected chi connectivity index (χ1v) is 6.98. The molecule has 0 bridgehead atoms. The van der Waals surface area contributed by atoms with Crippen LogP contribution in [0.5, 0.6) is 17.2 Å². The lowest BCUT2D eigenvalue weighted by Gasteiger charge is -2.12. The lowest BCUT2D eigenvalue weighted by atomic mass is 10.1. The Morgan fingerprint density at radius 2 is 1.86 bits per heavy atom. The van der Waals surface area contributed by atoms with Crippen molar-refractivity contribution in [3.05, 3.63) is 63.5 Å². The van der Waals surface area contributed by atoms with Crippen molar-refractivity contribution < 1.29 is 14.3 Å². The van der Waals surface area contributed by atoms with Gasteiger partial charge in [0.25, 0.3) is 0 Å². The van der Waals surface area contributed by atoms with E-state index in [4.69, 9.17) is 9.15 Å². The molecule has 22 heavy (non-hydrogen) atoms. The monoisotopic (exact) mass is 296 g/mol. The lowest BCUT2D eigenvalue weighted by molar-refractivity contribution is 0.432. The van der Waals surface area contributed by atoms with Gasteiger partial charge >= 0.3 is 0 Å². The average Bonchev–Trinajstić information content (AvgIpc) is 2.47. The molecule has 0 saturated carbocycles. The summed E-state index contributed by atoms with van der Waals surface area (Å²) in [6.07, 6.45) is 0. The second kappa shape index (κ2) is 5.22. The highest BCUT2D eigenvalue weighted by molar-refractivity contribution is 5.79. The fourth-order valence-corrected chi connectivity index (χ4v) is 2.34. The third-order valence-electron chi connectivity index (χ3n) is 3.77. The van der Waals surface area contributed by atoms with E-state index >= 15 is 0 Å².